The van der Waals surface area contributed by atoms with Gasteiger partial charge in [0.05, 0.1) is 0 Å². The minimum Gasteiger partial charge on any atom is -0.446 e. The molecule has 0 radical (unpaired) electrons. The predicted molar refractivity (Wildman–Crippen MR) is 90.3 cm³/mol. The molecule has 3 heteroatoms. The van der Waals surface area contributed by atoms with E-state index in [1.54, 1.807) is 25.1 Å². The van der Waals surface area contributed by atoms with Crippen molar-refractivity contribution in [2.24, 2.45) is 0 Å². The van der Waals surface area contributed by atoms with E-state index in [2.05, 4.69) is 0 Å². The maximum atomic E-state index is 12.8. The minimum absolute atomic E-state index is 0.230. The Balaban J connectivity index is 2.35. The second-order valence-electron chi connectivity index (χ2n) is 5.46. The summed E-state index contributed by atoms with van der Waals surface area (Å²) in [4.78, 5) is 24.6. The highest BCUT2D eigenvalue weighted by Crippen LogP contribution is 2.23. The molecule has 0 heterocycles. The lowest BCUT2D eigenvalue weighted by Crippen LogP contribution is -2.19. The molecule has 0 aliphatic heterocycles. The molecular formula is C20H20O3. The van der Waals surface area contributed by atoms with Crippen LogP contribution in [0.1, 0.15) is 40.1 Å². The molecule has 118 valence electrons. The first-order valence-electron chi connectivity index (χ1n) is 7.52. The molecule has 1 atom stereocenters. The van der Waals surface area contributed by atoms with Crippen molar-refractivity contribution in [2.45, 2.75) is 26.9 Å². The van der Waals surface area contributed by atoms with Gasteiger partial charge in [0.1, 0.15) is 0 Å². The minimum atomic E-state index is -0.943. The number of carbonyl (C=O) groups excluding carboxylic acids is 2. The molecule has 0 amide bonds. The number of Topliss-reactive ketones (excluding diaryl/α,β-unsaturated/α-hetero) is 1. The van der Waals surface area contributed by atoms with Gasteiger partial charge in [0.2, 0.25) is 5.78 Å². The molecule has 1 unspecified atom stereocenters. The molecule has 0 aliphatic rings. The van der Waals surface area contributed by atoms with Crippen molar-refractivity contribution >= 4 is 11.8 Å². The molecule has 0 aliphatic carbocycles. The molecule has 3 nitrogen and oxygen atoms in total. The van der Waals surface area contributed by atoms with Crippen LogP contribution in [0, 0.1) is 13.8 Å². The summed E-state index contributed by atoms with van der Waals surface area (Å²) in [6, 6.07) is 14.7. The van der Waals surface area contributed by atoms with Gasteiger partial charge in [0.25, 0.3) is 0 Å². The highest BCUT2D eigenvalue weighted by Gasteiger charge is 2.25. The lowest BCUT2D eigenvalue weighted by molar-refractivity contribution is -0.141. The van der Waals surface area contributed by atoms with Crippen molar-refractivity contribution in [1.82, 2.24) is 0 Å². The second kappa shape index (κ2) is 7.54. The van der Waals surface area contributed by atoms with Crippen LogP contribution in [0.2, 0.25) is 0 Å². The van der Waals surface area contributed by atoms with Crippen LogP contribution < -0.4 is 0 Å². The van der Waals surface area contributed by atoms with E-state index in [-0.39, 0.29) is 5.78 Å². The molecule has 2 aromatic rings. The smallest absolute Gasteiger partial charge is 0.331 e. The molecule has 0 N–H and O–H groups in total. The maximum Gasteiger partial charge on any atom is 0.331 e. The van der Waals surface area contributed by atoms with Crippen LogP contribution in [-0.2, 0) is 9.53 Å². The van der Waals surface area contributed by atoms with Gasteiger partial charge in [0, 0.05) is 17.2 Å². The zero-order valence-corrected chi connectivity index (χ0v) is 13.6. The Kier molecular flexibility index (Phi) is 5.47. The van der Waals surface area contributed by atoms with E-state index >= 15 is 0 Å². The summed E-state index contributed by atoms with van der Waals surface area (Å²) in [7, 11) is 0. The molecule has 2 aromatic carbocycles. The quantitative estimate of drug-likeness (QED) is 0.468. The predicted octanol–water partition coefficient (Wildman–Crippen LogP) is 4.35. The summed E-state index contributed by atoms with van der Waals surface area (Å²) in [5.74, 6) is -0.759. The number of hydrogen-bond donors (Lipinski definition) is 0. The highest BCUT2D eigenvalue weighted by atomic mass is 16.5. The van der Waals surface area contributed by atoms with Gasteiger partial charge in [-0.1, -0.05) is 65.7 Å². The second-order valence-corrected chi connectivity index (χ2v) is 5.46. The third-order valence-electron chi connectivity index (χ3n) is 3.49. The van der Waals surface area contributed by atoms with Gasteiger partial charge in [-0.3, -0.25) is 4.79 Å². The Labute approximate surface area is 136 Å². The third kappa shape index (κ3) is 4.39. The van der Waals surface area contributed by atoms with Crippen LogP contribution >= 0.6 is 0 Å². The number of esters is 1. The largest absolute Gasteiger partial charge is 0.446 e. The Morgan fingerprint density at radius 2 is 1.43 bits per heavy atom. The number of ketones is 1. The van der Waals surface area contributed by atoms with Crippen LogP contribution in [0.4, 0.5) is 0 Å². The van der Waals surface area contributed by atoms with Gasteiger partial charge in [-0.05, 0) is 20.8 Å². The van der Waals surface area contributed by atoms with Crippen molar-refractivity contribution < 1.29 is 14.3 Å². The van der Waals surface area contributed by atoms with Crippen LogP contribution in [0.5, 0.6) is 0 Å². The fourth-order valence-electron chi connectivity index (χ4n) is 2.17. The number of hydrogen-bond acceptors (Lipinski definition) is 3. The topological polar surface area (TPSA) is 43.4 Å². The summed E-state index contributed by atoms with van der Waals surface area (Å²) in [6.45, 7) is 5.65. The van der Waals surface area contributed by atoms with Gasteiger partial charge in [-0.15, -0.1) is 0 Å². The molecule has 0 aromatic heterocycles. The van der Waals surface area contributed by atoms with E-state index in [1.807, 2.05) is 50.2 Å². The standard InChI is InChI=1S/C20H20O3/c1-4-5-18(21)23-20(17-12-8-15(3)9-13-17)19(22)16-10-6-14(2)7-11-16/h4-13,20H,1-3H3/b5-4+. The van der Waals surface area contributed by atoms with E-state index < -0.39 is 12.1 Å². The summed E-state index contributed by atoms with van der Waals surface area (Å²) in [6.07, 6.45) is 1.95. The van der Waals surface area contributed by atoms with Crippen LogP contribution in [0.3, 0.4) is 0 Å². The SMILES string of the molecule is C/C=C/C(=O)OC(C(=O)c1ccc(C)cc1)c1ccc(C)cc1. The van der Waals surface area contributed by atoms with E-state index in [0.717, 1.165) is 11.1 Å². The monoisotopic (exact) mass is 308 g/mol. The van der Waals surface area contributed by atoms with Gasteiger partial charge in [0.15, 0.2) is 6.10 Å². The lowest BCUT2D eigenvalue weighted by Gasteiger charge is -2.17. The number of aryl methyl sites for hydroxylation is 2. The summed E-state index contributed by atoms with van der Waals surface area (Å²) >= 11 is 0. The first-order chi connectivity index (χ1) is 11.0. The Hall–Kier alpha value is -2.68. The average molecular weight is 308 g/mol. The summed E-state index contributed by atoms with van der Waals surface area (Å²) in [5.41, 5.74) is 3.34. The third-order valence-corrected chi connectivity index (χ3v) is 3.49. The molecule has 23 heavy (non-hydrogen) atoms. The first kappa shape index (κ1) is 16.7. The Morgan fingerprint density at radius 1 is 0.913 bits per heavy atom. The summed E-state index contributed by atoms with van der Waals surface area (Å²) < 4.78 is 5.39. The maximum absolute atomic E-state index is 12.8. The van der Waals surface area contributed by atoms with Crippen molar-refractivity contribution in [3.63, 3.8) is 0 Å². The Morgan fingerprint density at radius 3 is 1.96 bits per heavy atom. The van der Waals surface area contributed by atoms with E-state index in [9.17, 15) is 9.59 Å². The van der Waals surface area contributed by atoms with Gasteiger partial charge in [-0.2, -0.15) is 0 Å². The van der Waals surface area contributed by atoms with Crippen molar-refractivity contribution in [3.8, 4) is 0 Å². The first-order valence-corrected chi connectivity index (χ1v) is 7.52. The Bertz CT molecular complexity index is 710. The van der Waals surface area contributed by atoms with Crippen molar-refractivity contribution in [1.29, 1.82) is 0 Å². The normalized spacial score (nSPS) is 12.1. The van der Waals surface area contributed by atoms with Gasteiger partial charge < -0.3 is 4.74 Å². The molecule has 0 bridgehead atoms. The van der Waals surface area contributed by atoms with Crippen LogP contribution in [-0.4, -0.2) is 11.8 Å². The van der Waals surface area contributed by atoms with Gasteiger partial charge in [-0.25, -0.2) is 4.79 Å². The molecule has 2 rings (SSSR count). The molecule has 0 fully saturated rings. The molecule has 0 saturated heterocycles. The average Bonchev–Trinajstić information content (AvgIpc) is 2.54. The molecule has 0 spiro atoms. The van der Waals surface area contributed by atoms with E-state index in [0.29, 0.717) is 11.1 Å². The fourth-order valence-corrected chi connectivity index (χ4v) is 2.17. The van der Waals surface area contributed by atoms with Crippen molar-refractivity contribution in [2.75, 3.05) is 0 Å². The van der Waals surface area contributed by atoms with Gasteiger partial charge >= 0.3 is 5.97 Å². The number of ether oxygens (including phenoxy) is 1. The van der Waals surface area contributed by atoms with Crippen LogP contribution in [0.15, 0.2) is 60.7 Å². The number of allylic oxidation sites excluding steroid dienone is 1. The lowest BCUT2D eigenvalue weighted by atomic mass is 9.98. The number of carbonyl (C=O) groups is 2. The zero-order chi connectivity index (χ0) is 16.8. The van der Waals surface area contributed by atoms with Crippen LogP contribution in [0.25, 0.3) is 0 Å². The highest BCUT2D eigenvalue weighted by molar-refractivity contribution is 6.01. The van der Waals surface area contributed by atoms with E-state index in [4.69, 9.17) is 4.74 Å². The zero-order valence-electron chi connectivity index (χ0n) is 13.6. The number of rotatable bonds is 5. The molecular weight excluding hydrogens is 288 g/mol. The summed E-state index contributed by atoms with van der Waals surface area (Å²) in [5, 5.41) is 0. The number of benzene rings is 2. The van der Waals surface area contributed by atoms with E-state index in [1.165, 1.54) is 6.08 Å². The fraction of sp³-hybridized carbons (Fsp3) is 0.200. The molecule has 0 saturated carbocycles. The van der Waals surface area contributed by atoms with Crippen molar-refractivity contribution in [3.05, 3.63) is 82.9 Å².